The van der Waals surface area contributed by atoms with E-state index in [0.29, 0.717) is 6.61 Å². The van der Waals surface area contributed by atoms with Gasteiger partial charge in [0.25, 0.3) is 0 Å². The molecule has 0 heterocycles. The van der Waals surface area contributed by atoms with Crippen LogP contribution in [0, 0.1) is 0 Å². The highest BCUT2D eigenvalue weighted by molar-refractivity contribution is 5.86. The van der Waals surface area contributed by atoms with Gasteiger partial charge in [-0.2, -0.15) is 0 Å². The Kier molecular flexibility index (Phi) is 6.91. The minimum absolute atomic E-state index is 0.0375. The van der Waals surface area contributed by atoms with Crippen LogP contribution in [0.3, 0.4) is 0 Å². The number of amides is 2. The molecular weight excluding hydrogens is 212 g/mol. The number of likely N-dealkylation sites (N-methyl/N-ethyl adjacent to an activating group) is 1. The van der Waals surface area contributed by atoms with E-state index in [-0.39, 0.29) is 31.2 Å². The minimum Gasteiger partial charge on any atom is -0.466 e. The molecular formula is C10H18N2O4. The van der Waals surface area contributed by atoms with Gasteiger partial charge in [-0.05, 0) is 6.92 Å². The summed E-state index contributed by atoms with van der Waals surface area (Å²) in [6.45, 7) is 1.96. The third kappa shape index (κ3) is 6.80. The number of hydrogen-bond acceptors (Lipinski definition) is 4. The van der Waals surface area contributed by atoms with E-state index in [1.54, 1.807) is 21.0 Å². The molecule has 0 unspecified atom stereocenters. The average molecular weight is 230 g/mol. The molecule has 0 aliphatic heterocycles. The maximum Gasteiger partial charge on any atom is 0.306 e. The lowest BCUT2D eigenvalue weighted by Crippen LogP contribution is -2.36. The molecule has 1 N–H and O–H groups in total. The summed E-state index contributed by atoms with van der Waals surface area (Å²) in [5.74, 6) is -0.927. The van der Waals surface area contributed by atoms with Gasteiger partial charge in [0.1, 0.15) is 0 Å². The topological polar surface area (TPSA) is 75.7 Å². The van der Waals surface area contributed by atoms with Crippen molar-refractivity contribution in [1.29, 1.82) is 0 Å². The van der Waals surface area contributed by atoms with E-state index < -0.39 is 5.97 Å². The van der Waals surface area contributed by atoms with Gasteiger partial charge in [-0.3, -0.25) is 14.4 Å². The van der Waals surface area contributed by atoms with Crippen LogP contribution < -0.4 is 5.32 Å². The molecule has 0 bridgehead atoms. The third-order valence-corrected chi connectivity index (χ3v) is 1.80. The van der Waals surface area contributed by atoms with Crippen LogP contribution in [0.4, 0.5) is 0 Å². The van der Waals surface area contributed by atoms with Gasteiger partial charge in [-0.15, -0.1) is 0 Å². The monoisotopic (exact) mass is 230 g/mol. The fraction of sp³-hybridized carbons (Fsp3) is 0.700. The molecule has 0 spiro atoms. The van der Waals surface area contributed by atoms with Gasteiger partial charge >= 0.3 is 5.97 Å². The summed E-state index contributed by atoms with van der Waals surface area (Å²) in [4.78, 5) is 34.6. The Balaban J connectivity index is 3.67. The van der Waals surface area contributed by atoms with Crippen LogP contribution in [-0.4, -0.2) is 49.9 Å². The fourth-order valence-electron chi connectivity index (χ4n) is 0.869. The van der Waals surface area contributed by atoms with E-state index in [1.807, 2.05) is 0 Å². The molecule has 0 aliphatic rings. The molecule has 6 heteroatoms. The predicted octanol–water partition coefficient (Wildman–Crippen LogP) is -0.466. The number of rotatable bonds is 6. The van der Waals surface area contributed by atoms with Crippen molar-refractivity contribution in [2.24, 2.45) is 0 Å². The molecule has 0 aromatic heterocycles. The van der Waals surface area contributed by atoms with E-state index in [2.05, 4.69) is 10.1 Å². The van der Waals surface area contributed by atoms with Gasteiger partial charge in [0, 0.05) is 20.5 Å². The summed E-state index contributed by atoms with van der Waals surface area (Å²) in [5.41, 5.74) is 0. The summed E-state index contributed by atoms with van der Waals surface area (Å²) >= 11 is 0. The van der Waals surface area contributed by atoms with Gasteiger partial charge in [0.2, 0.25) is 11.8 Å². The second-order valence-electron chi connectivity index (χ2n) is 3.37. The smallest absolute Gasteiger partial charge is 0.306 e. The maximum absolute atomic E-state index is 11.2. The largest absolute Gasteiger partial charge is 0.466 e. The zero-order chi connectivity index (χ0) is 12.6. The highest BCUT2D eigenvalue weighted by atomic mass is 16.5. The number of nitrogens with one attached hydrogen (secondary N) is 1. The normalized spacial score (nSPS) is 9.44. The first-order valence-electron chi connectivity index (χ1n) is 5.09. The Hall–Kier alpha value is -1.59. The standard InChI is InChI=1S/C10H18N2O4/c1-4-16-10(15)6-5-8(13)11-7-9(14)12(2)3/h4-7H2,1-3H3,(H,11,13). The van der Waals surface area contributed by atoms with Crippen LogP contribution in [0.15, 0.2) is 0 Å². The zero-order valence-electron chi connectivity index (χ0n) is 9.91. The first-order chi connectivity index (χ1) is 7.47. The van der Waals surface area contributed by atoms with Crippen molar-refractivity contribution in [3.63, 3.8) is 0 Å². The third-order valence-electron chi connectivity index (χ3n) is 1.80. The van der Waals surface area contributed by atoms with Gasteiger partial charge in [-0.25, -0.2) is 0 Å². The second kappa shape index (κ2) is 7.67. The van der Waals surface area contributed by atoms with E-state index in [0.717, 1.165) is 0 Å². The van der Waals surface area contributed by atoms with Crippen molar-refractivity contribution in [3.05, 3.63) is 0 Å². The Morgan fingerprint density at radius 1 is 1.19 bits per heavy atom. The Morgan fingerprint density at radius 3 is 2.31 bits per heavy atom. The number of ether oxygens (including phenoxy) is 1. The summed E-state index contributed by atoms with van der Waals surface area (Å²) in [6, 6.07) is 0. The van der Waals surface area contributed by atoms with Crippen molar-refractivity contribution in [1.82, 2.24) is 10.2 Å². The number of esters is 1. The summed E-state index contributed by atoms with van der Waals surface area (Å²) in [7, 11) is 3.21. The summed E-state index contributed by atoms with van der Waals surface area (Å²) < 4.78 is 4.66. The lowest BCUT2D eigenvalue weighted by Gasteiger charge is -2.10. The lowest BCUT2D eigenvalue weighted by atomic mass is 10.3. The Labute approximate surface area is 94.9 Å². The molecule has 6 nitrogen and oxygen atoms in total. The van der Waals surface area contributed by atoms with Crippen LogP contribution in [0.1, 0.15) is 19.8 Å². The minimum atomic E-state index is -0.406. The summed E-state index contributed by atoms with van der Waals surface area (Å²) in [5, 5.41) is 2.42. The van der Waals surface area contributed by atoms with E-state index in [4.69, 9.17) is 0 Å². The molecule has 92 valence electrons. The van der Waals surface area contributed by atoms with E-state index >= 15 is 0 Å². The van der Waals surface area contributed by atoms with Crippen molar-refractivity contribution in [2.45, 2.75) is 19.8 Å². The maximum atomic E-state index is 11.2. The second-order valence-corrected chi connectivity index (χ2v) is 3.37. The molecule has 0 rings (SSSR count). The van der Waals surface area contributed by atoms with Crippen LogP contribution in [0.2, 0.25) is 0 Å². The van der Waals surface area contributed by atoms with Gasteiger partial charge in [0.05, 0.1) is 19.6 Å². The quantitative estimate of drug-likeness (QED) is 0.626. The number of nitrogens with zero attached hydrogens (tertiary/aromatic N) is 1. The molecule has 0 atom stereocenters. The molecule has 2 amide bonds. The SMILES string of the molecule is CCOC(=O)CCC(=O)NCC(=O)N(C)C. The fourth-order valence-corrected chi connectivity index (χ4v) is 0.869. The summed E-state index contributed by atoms with van der Waals surface area (Å²) in [6.07, 6.45) is 0.0787. The molecule has 0 saturated carbocycles. The number of carbonyl (C=O) groups excluding carboxylic acids is 3. The number of carbonyl (C=O) groups is 3. The molecule has 0 fully saturated rings. The Morgan fingerprint density at radius 2 is 1.81 bits per heavy atom. The first kappa shape index (κ1) is 14.4. The number of hydrogen-bond donors (Lipinski definition) is 1. The zero-order valence-corrected chi connectivity index (χ0v) is 9.91. The Bertz CT molecular complexity index is 264. The molecule has 0 radical (unpaired) electrons. The molecule has 0 saturated heterocycles. The van der Waals surface area contributed by atoms with E-state index in [9.17, 15) is 14.4 Å². The van der Waals surface area contributed by atoms with Crippen molar-refractivity contribution in [2.75, 3.05) is 27.2 Å². The molecule has 16 heavy (non-hydrogen) atoms. The molecule has 0 aromatic rings. The average Bonchev–Trinajstić information content (AvgIpc) is 2.23. The first-order valence-corrected chi connectivity index (χ1v) is 5.09. The van der Waals surface area contributed by atoms with Crippen LogP contribution in [-0.2, 0) is 19.1 Å². The predicted molar refractivity (Wildman–Crippen MR) is 57.6 cm³/mol. The van der Waals surface area contributed by atoms with E-state index in [1.165, 1.54) is 4.90 Å². The molecule has 0 aromatic carbocycles. The highest BCUT2D eigenvalue weighted by Crippen LogP contribution is 1.92. The van der Waals surface area contributed by atoms with Crippen LogP contribution in [0.5, 0.6) is 0 Å². The highest BCUT2D eigenvalue weighted by Gasteiger charge is 2.09. The van der Waals surface area contributed by atoms with Gasteiger partial charge in [-0.1, -0.05) is 0 Å². The van der Waals surface area contributed by atoms with Crippen LogP contribution in [0.25, 0.3) is 0 Å². The van der Waals surface area contributed by atoms with Gasteiger partial charge < -0.3 is 15.0 Å². The van der Waals surface area contributed by atoms with Crippen LogP contribution >= 0.6 is 0 Å². The van der Waals surface area contributed by atoms with Crippen molar-refractivity contribution >= 4 is 17.8 Å². The van der Waals surface area contributed by atoms with Gasteiger partial charge in [0.15, 0.2) is 0 Å². The lowest BCUT2D eigenvalue weighted by molar-refractivity contribution is -0.144. The van der Waals surface area contributed by atoms with Crippen molar-refractivity contribution in [3.8, 4) is 0 Å². The van der Waals surface area contributed by atoms with Crippen molar-refractivity contribution < 1.29 is 19.1 Å². The molecule has 0 aliphatic carbocycles.